The largest absolute Gasteiger partial charge is 0.462 e. The second-order valence-corrected chi connectivity index (χ2v) is 7.03. The molecule has 2 aliphatic rings. The molecule has 0 saturated heterocycles. The number of nitrogens with two attached hydrogens (primary N) is 1. The first-order valence-corrected chi connectivity index (χ1v) is 9.31. The number of nitriles is 1. The average molecular weight is 432 g/mol. The summed E-state index contributed by atoms with van der Waals surface area (Å²) in [5, 5.41) is 12.6. The lowest BCUT2D eigenvalue weighted by atomic mass is 9.68. The van der Waals surface area contributed by atoms with Crippen LogP contribution in [0.2, 0.25) is 0 Å². The summed E-state index contributed by atoms with van der Waals surface area (Å²) in [5.74, 6) is -1.17. The van der Waals surface area contributed by atoms with E-state index in [1.807, 2.05) is 13.0 Å². The van der Waals surface area contributed by atoms with Gasteiger partial charge in [-0.05, 0) is 31.5 Å². The van der Waals surface area contributed by atoms with Crippen molar-refractivity contribution in [1.82, 2.24) is 0 Å². The summed E-state index contributed by atoms with van der Waals surface area (Å²) >= 11 is 3.39. The molecule has 3 rings (SSSR count). The van der Waals surface area contributed by atoms with Crippen LogP contribution in [0.1, 0.15) is 32.3 Å². The van der Waals surface area contributed by atoms with Crippen molar-refractivity contribution in [2.45, 2.75) is 32.1 Å². The Morgan fingerprint density at radius 2 is 2.19 bits per heavy atom. The molecule has 8 heteroatoms. The lowest BCUT2D eigenvalue weighted by molar-refractivity contribution is -0.140. The molecule has 3 N–H and O–H groups in total. The molecule has 0 radical (unpaired) electrons. The number of nitrogens with one attached hydrogen (secondary N) is 1. The van der Waals surface area contributed by atoms with Gasteiger partial charge < -0.3 is 20.5 Å². The third kappa shape index (κ3) is 2.70. The van der Waals surface area contributed by atoms with Crippen molar-refractivity contribution in [2.75, 3.05) is 11.9 Å². The van der Waals surface area contributed by atoms with Crippen molar-refractivity contribution < 1.29 is 19.1 Å². The van der Waals surface area contributed by atoms with Gasteiger partial charge in [0.15, 0.2) is 5.41 Å². The standard InChI is InChI=1S/C19H18BrN3O4/c1-3-5-14-15(17(24)26-4-2)19(12(9-21)16(22)27-14)11-8-10(20)6-7-13(11)23-18(19)25/h6-8H,3-5,22H2,1-2H3,(H,23,25)/t19-/m0/s1. The van der Waals surface area contributed by atoms with Crippen LogP contribution in [-0.2, 0) is 24.5 Å². The minimum absolute atomic E-state index is 0.00583. The zero-order valence-electron chi connectivity index (χ0n) is 14.9. The van der Waals surface area contributed by atoms with Crippen molar-refractivity contribution in [3.63, 3.8) is 0 Å². The van der Waals surface area contributed by atoms with Crippen LogP contribution in [0.15, 0.2) is 45.5 Å². The fourth-order valence-electron chi connectivity index (χ4n) is 3.54. The number of benzene rings is 1. The number of rotatable bonds is 4. The van der Waals surface area contributed by atoms with Crippen LogP contribution in [-0.4, -0.2) is 18.5 Å². The third-order valence-electron chi connectivity index (χ3n) is 4.55. The Morgan fingerprint density at radius 1 is 1.44 bits per heavy atom. The molecule has 0 bridgehead atoms. The molecule has 1 aromatic carbocycles. The maximum absolute atomic E-state index is 13.2. The maximum Gasteiger partial charge on any atom is 0.339 e. The Morgan fingerprint density at radius 3 is 2.81 bits per heavy atom. The minimum Gasteiger partial charge on any atom is -0.462 e. The molecule has 1 aromatic rings. The number of fused-ring (bicyclic) bond motifs is 2. The predicted octanol–water partition coefficient (Wildman–Crippen LogP) is 2.98. The fourth-order valence-corrected chi connectivity index (χ4v) is 3.90. The summed E-state index contributed by atoms with van der Waals surface area (Å²) in [4.78, 5) is 26.2. The molecule has 0 saturated carbocycles. The van der Waals surface area contributed by atoms with E-state index in [-0.39, 0.29) is 29.4 Å². The molecule has 0 aliphatic carbocycles. The minimum atomic E-state index is -1.70. The molecule has 2 aliphatic heterocycles. The molecule has 140 valence electrons. The number of anilines is 1. The van der Waals surface area contributed by atoms with Crippen LogP contribution in [0.4, 0.5) is 5.69 Å². The zero-order valence-corrected chi connectivity index (χ0v) is 16.5. The van der Waals surface area contributed by atoms with Gasteiger partial charge in [0.25, 0.3) is 0 Å². The van der Waals surface area contributed by atoms with Crippen LogP contribution < -0.4 is 11.1 Å². The van der Waals surface area contributed by atoms with Crippen LogP contribution in [0, 0.1) is 11.3 Å². The Hall–Kier alpha value is -2.79. The van der Waals surface area contributed by atoms with E-state index in [0.717, 1.165) is 0 Å². The highest BCUT2D eigenvalue weighted by atomic mass is 79.9. The number of amides is 1. The highest BCUT2D eigenvalue weighted by molar-refractivity contribution is 9.10. The van der Waals surface area contributed by atoms with Crippen LogP contribution in [0.5, 0.6) is 0 Å². The molecule has 0 fully saturated rings. The van der Waals surface area contributed by atoms with Gasteiger partial charge in [-0.25, -0.2) is 4.79 Å². The van der Waals surface area contributed by atoms with E-state index in [1.165, 1.54) is 0 Å². The molecule has 1 spiro atoms. The van der Waals surface area contributed by atoms with E-state index >= 15 is 0 Å². The smallest absolute Gasteiger partial charge is 0.339 e. The highest BCUT2D eigenvalue weighted by Crippen LogP contribution is 2.53. The summed E-state index contributed by atoms with van der Waals surface area (Å²) < 4.78 is 11.5. The van der Waals surface area contributed by atoms with E-state index in [4.69, 9.17) is 15.2 Å². The lowest BCUT2D eigenvalue weighted by Crippen LogP contribution is -2.46. The number of ether oxygens (including phenoxy) is 2. The van der Waals surface area contributed by atoms with Gasteiger partial charge in [-0.2, -0.15) is 5.26 Å². The van der Waals surface area contributed by atoms with Gasteiger partial charge in [0.05, 0.1) is 6.61 Å². The molecule has 0 unspecified atom stereocenters. The van der Waals surface area contributed by atoms with Crippen molar-refractivity contribution >= 4 is 33.5 Å². The SMILES string of the molecule is CCCC1=C(C(=O)OCC)[C@@]2(C(=O)Nc3ccc(Br)cc32)C(C#N)=C(N)O1. The van der Waals surface area contributed by atoms with Gasteiger partial charge in [-0.1, -0.05) is 22.9 Å². The van der Waals surface area contributed by atoms with E-state index < -0.39 is 17.3 Å². The summed E-state index contributed by atoms with van der Waals surface area (Å²) in [7, 11) is 0. The zero-order chi connectivity index (χ0) is 19.8. The summed E-state index contributed by atoms with van der Waals surface area (Å²) in [6.45, 7) is 3.69. The number of carbonyl (C=O) groups is 2. The maximum atomic E-state index is 13.2. The first kappa shape index (κ1) is 19.0. The van der Waals surface area contributed by atoms with Gasteiger partial charge >= 0.3 is 5.97 Å². The number of esters is 1. The van der Waals surface area contributed by atoms with Gasteiger partial charge in [0.2, 0.25) is 11.8 Å². The summed E-state index contributed by atoms with van der Waals surface area (Å²) in [6.07, 6.45) is 1.02. The fraction of sp³-hybridized carbons (Fsp3) is 0.316. The van der Waals surface area contributed by atoms with Crippen molar-refractivity contribution in [3.8, 4) is 6.07 Å². The Kier molecular flexibility index (Phi) is 4.98. The number of carbonyl (C=O) groups excluding carboxylic acids is 2. The molecular weight excluding hydrogens is 414 g/mol. The van der Waals surface area contributed by atoms with Crippen molar-refractivity contribution in [2.24, 2.45) is 5.73 Å². The van der Waals surface area contributed by atoms with Crippen LogP contribution in [0.3, 0.4) is 0 Å². The molecule has 0 aromatic heterocycles. The van der Waals surface area contributed by atoms with Crippen molar-refractivity contribution in [3.05, 3.63) is 51.0 Å². The summed E-state index contributed by atoms with van der Waals surface area (Å²) in [6, 6.07) is 7.14. The molecule has 27 heavy (non-hydrogen) atoms. The number of hydrogen-bond acceptors (Lipinski definition) is 6. The molecule has 7 nitrogen and oxygen atoms in total. The first-order valence-electron chi connectivity index (χ1n) is 8.52. The van der Waals surface area contributed by atoms with E-state index in [2.05, 4.69) is 21.2 Å². The topological polar surface area (TPSA) is 114 Å². The van der Waals surface area contributed by atoms with Crippen LogP contribution in [0.25, 0.3) is 0 Å². The Bertz CT molecular complexity index is 945. The molecule has 2 heterocycles. The highest BCUT2D eigenvalue weighted by Gasteiger charge is 2.60. The van der Waals surface area contributed by atoms with Gasteiger partial charge in [0.1, 0.15) is 23.0 Å². The number of hydrogen-bond donors (Lipinski definition) is 2. The predicted molar refractivity (Wildman–Crippen MR) is 101 cm³/mol. The number of nitrogens with zero attached hydrogens (tertiary/aromatic N) is 1. The molecule has 1 atom stereocenters. The number of halogens is 1. The van der Waals surface area contributed by atoms with E-state index in [9.17, 15) is 14.9 Å². The average Bonchev–Trinajstić information content (AvgIpc) is 2.88. The van der Waals surface area contributed by atoms with Crippen molar-refractivity contribution in [1.29, 1.82) is 5.26 Å². The molecular formula is C19H18BrN3O4. The molecule has 1 amide bonds. The van der Waals surface area contributed by atoms with Crippen LogP contribution >= 0.6 is 15.9 Å². The quantitative estimate of drug-likeness (QED) is 0.708. The second-order valence-electron chi connectivity index (χ2n) is 6.12. The van der Waals surface area contributed by atoms with Gasteiger partial charge in [-0.15, -0.1) is 0 Å². The Balaban J connectivity index is 2.42. The van der Waals surface area contributed by atoms with E-state index in [0.29, 0.717) is 28.6 Å². The third-order valence-corrected chi connectivity index (χ3v) is 5.04. The normalized spacial score (nSPS) is 20.9. The monoisotopic (exact) mass is 431 g/mol. The summed E-state index contributed by atoms with van der Waals surface area (Å²) in [5.41, 5.74) is 5.16. The van der Waals surface area contributed by atoms with E-state index in [1.54, 1.807) is 25.1 Å². The van der Waals surface area contributed by atoms with Gasteiger partial charge in [-0.3, -0.25) is 4.79 Å². The Labute approximate surface area is 164 Å². The lowest BCUT2D eigenvalue weighted by Gasteiger charge is -2.34. The van der Waals surface area contributed by atoms with Gasteiger partial charge in [0, 0.05) is 22.1 Å². The first-order chi connectivity index (χ1) is 12.9. The second kappa shape index (κ2) is 7.08. The number of allylic oxidation sites excluding steroid dienone is 1.